The van der Waals surface area contributed by atoms with E-state index in [2.05, 4.69) is 10.3 Å². The van der Waals surface area contributed by atoms with Crippen LogP contribution in [0.5, 0.6) is 0 Å². The molecule has 0 bridgehead atoms. The topological polar surface area (TPSA) is 67.2 Å². The number of carbonyl (C=O) groups excluding carboxylic acids is 2. The smallest absolute Gasteiger partial charge is 0.227 e. The van der Waals surface area contributed by atoms with Gasteiger partial charge in [-0.25, -0.2) is 9.37 Å². The first kappa shape index (κ1) is 17.1. The maximum Gasteiger partial charge on any atom is 0.227 e. The Labute approximate surface area is 145 Å². The van der Waals surface area contributed by atoms with E-state index in [1.165, 1.54) is 11.0 Å². The zero-order valence-corrected chi connectivity index (χ0v) is 14.1. The molecule has 2 aromatic rings. The zero-order chi connectivity index (χ0) is 17.8. The molecule has 25 heavy (non-hydrogen) atoms. The van der Waals surface area contributed by atoms with Gasteiger partial charge in [-0.3, -0.25) is 9.59 Å². The first-order chi connectivity index (χ1) is 12.0. The van der Waals surface area contributed by atoms with Crippen molar-refractivity contribution in [2.75, 3.05) is 18.0 Å². The summed E-state index contributed by atoms with van der Waals surface area (Å²) < 4.78 is 15.7. The fourth-order valence-electron chi connectivity index (χ4n) is 2.92. The van der Waals surface area contributed by atoms with Crippen LogP contribution < -0.4 is 10.2 Å². The molecule has 3 rings (SSSR count). The number of aromatic nitrogens is 2. The van der Waals surface area contributed by atoms with Gasteiger partial charge in [-0.1, -0.05) is 6.07 Å². The van der Waals surface area contributed by atoms with E-state index in [1.54, 1.807) is 31.6 Å². The fourth-order valence-corrected chi connectivity index (χ4v) is 2.92. The zero-order valence-electron chi connectivity index (χ0n) is 14.1. The number of carbonyl (C=O) groups is 2. The molecule has 0 aliphatic carbocycles. The van der Waals surface area contributed by atoms with Crippen molar-refractivity contribution in [2.45, 2.75) is 26.3 Å². The van der Waals surface area contributed by atoms with Crippen molar-refractivity contribution in [3.05, 3.63) is 48.3 Å². The van der Waals surface area contributed by atoms with Crippen molar-refractivity contribution in [1.82, 2.24) is 14.9 Å². The van der Waals surface area contributed by atoms with Crippen molar-refractivity contribution in [2.24, 2.45) is 5.92 Å². The predicted octanol–water partition coefficient (Wildman–Crippen LogP) is 1.89. The molecule has 1 N–H and O–H groups in total. The van der Waals surface area contributed by atoms with Crippen LogP contribution in [0.2, 0.25) is 0 Å². The normalized spacial score (nSPS) is 17.1. The Morgan fingerprint density at radius 1 is 1.44 bits per heavy atom. The second kappa shape index (κ2) is 7.46. The van der Waals surface area contributed by atoms with Gasteiger partial charge in [0.05, 0.1) is 12.2 Å². The molecular formula is C18H21FN4O2. The minimum Gasteiger partial charge on any atom is -0.356 e. The van der Waals surface area contributed by atoms with Gasteiger partial charge in [0.2, 0.25) is 11.8 Å². The average Bonchev–Trinajstić information content (AvgIpc) is 3.23. The number of amides is 2. The molecule has 7 heteroatoms. The summed E-state index contributed by atoms with van der Waals surface area (Å²) in [6, 6.07) is 4.70. The Morgan fingerprint density at radius 2 is 2.28 bits per heavy atom. The highest BCUT2D eigenvalue weighted by Gasteiger charge is 2.35. The minimum atomic E-state index is -0.398. The molecule has 0 unspecified atom stereocenters. The van der Waals surface area contributed by atoms with Crippen molar-refractivity contribution >= 4 is 17.5 Å². The SMILES string of the molecule is Cc1ccc(N2C[C@H](C(=O)NCCCn3ccnc3)CC2=O)cc1F. The van der Waals surface area contributed by atoms with Gasteiger partial charge in [-0.15, -0.1) is 0 Å². The predicted molar refractivity (Wildman–Crippen MR) is 91.5 cm³/mol. The van der Waals surface area contributed by atoms with Crippen LogP contribution >= 0.6 is 0 Å². The quantitative estimate of drug-likeness (QED) is 0.814. The Hall–Kier alpha value is -2.70. The van der Waals surface area contributed by atoms with Gasteiger partial charge in [0.15, 0.2) is 0 Å². The molecule has 1 aromatic carbocycles. The van der Waals surface area contributed by atoms with E-state index in [-0.39, 0.29) is 30.6 Å². The molecule has 0 spiro atoms. The number of aryl methyl sites for hydroxylation is 2. The maximum absolute atomic E-state index is 13.7. The number of nitrogens with one attached hydrogen (secondary N) is 1. The Bertz CT molecular complexity index is 760. The highest BCUT2D eigenvalue weighted by molar-refractivity contribution is 6.00. The third-order valence-corrected chi connectivity index (χ3v) is 4.41. The van der Waals surface area contributed by atoms with Gasteiger partial charge < -0.3 is 14.8 Å². The van der Waals surface area contributed by atoms with Crippen LogP contribution in [-0.2, 0) is 16.1 Å². The van der Waals surface area contributed by atoms with Crippen LogP contribution in [0.4, 0.5) is 10.1 Å². The van der Waals surface area contributed by atoms with Crippen LogP contribution in [0.15, 0.2) is 36.9 Å². The average molecular weight is 344 g/mol. The lowest BCUT2D eigenvalue weighted by Gasteiger charge is -2.17. The van der Waals surface area contributed by atoms with E-state index < -0.39 is 5.92 Å². The van der Waals surface area contributed by atoms with E-state index in [9.17, 15) is 14.0 Å². The summed E-state index contributed by atoms with van der Waals surface area (Å²) >= 11 is 0. The van der Waals surface area contributed by atoms with Crippen molar-refractivity contribution in [3.8, 4) is 0 Å². The third-order valence-electron chi connectivity index (χ3n) is 4.41. The second-order valence-electron chi connectivity index (χ2n) is 6.28. The molecule has 0 radical (unpaired) electrons. The highest BCUT2D eigenvalue weighted by Crippen LogP contribution is 2.26. The Morgan fingerprint density at radius 3 is 3.00 bits per heavy atom. The second-order valence-corrected chi connectivity index (χ2v) is 6.28. The van der Waals surface area contributed by atoms with E-state index in [0.717, 1.165) is 13.0 Å². The van der Waals surface area contributed by atoms with Gasteiger partial charge in [-0.2, -0.15) is 0 Å². The molecule has 6 nitrogen and oxygen atoms in total. The molecular weight excluding hydrogens is 323 g/mol. The monoisotopic (exact) mass is 344 g/mol. The van der Waals surface area contributed by atoms with E-state index in [4.69, 9.17) is 0 Å². The minimum absolute atomic E-state index is 0.130. The van der Waals surface area contributed by atoms with Crippen molar-refractivity contribution in [1.29, 1.82) is 0 Å². The molecule has 132 valence electrons. The lowest BCUT2D eigenvalue weighted by molar-refractivity contribution is -0.126. The number of rotatable bonds is 6. The lowest BCUT2D eigenvalue weighted by Crippen LogP contribution is -2.33. The fraction of sp³-hybridized carbons (Fsp3) is 0.389. The van der Waals surface area contributed by atoms with Crippen LogP contribution in [-0.4, -0.2) is 34.5 Å². The van der Waals surface area contributed by atoms with Gasteiger partial charge in [0, 0.05) is 44.1 Å². The van der Waals surface area contributed by atoms with E-state index in [1.807, 2.05) is 10.8 Å². The van der Waals surface area contributed by atoms with Crippen LogP contribution in [0, 0.1) is 18.7 Å². The number of halogens is 1. The number of imidazole rings is 1. The number of hydrogen-bond acceptors (Lipinski definition) is 3. The summed E-state index contributed by atoms with van der Waals surface area (Å²) in [6.07, 6.45) is 6.26. The van der Waals surface area contributed by atoms with Crippen LogP contribution in [0.3, 0.4) is 0 Å². The largest absolute Gasteiger partial charge is 0.356 e. The summed E-state index contributed by atoms with van der Waals surface area (Å²) in [5.74, 6) is -1.03. The number of benzene rings is 1. The van der Waals surface area contributed by atoms with Crippen LogP contribution in [0.1, 0.15) is 18.4 Å². The number of hydrogen-bond donors (Lipinski definition) is 1. The van der Waals surface area contributed by atoms with E-state index in [0.29, 0.717) is 17.8 Å². The molecule has 1 aliphatic rings. The number of anilines is 1. The third kappa shape index (κ3) is 4.04. The number of nitrogens with zero attached hydrogens (tertiary/aromatic N) is 3. The summed E-state index contributed by atoms with van der Waals surface area (Å²) in [6.45, 7) is 3.28. The summed E-state index contributed by atoms with van der Waals surface area (Å²) in [4.78, 5) is 29.9. The first-order valence-electron chi connectivity index (χ1n) is 8.34. The Balaban J connectivity index is 1.51. The van der Waals surface area contributed by atoms with Gasteiger partial charge >= 0.3 is 0 Å². The molecule has 1 aliphatic heterocycles. The first-order valence-corrected chi connectivity index (χ1v) is 8.34. The molecule has 0 saturated carbocycles. The van der Waals surface area contributed by atoms with Gasteiger partial charge in [-0.05, 0) is 31.0 Å². The molecule has 1 aromatic heterocycles. The van der Waals surface area contributed by atoms with Gasteiger partial charge in [0.1, 0.15) is 5.82 Å². The molecule has 1 atom stereocenters. The molecule has 1 fully saturated rings. The van der Waals surface area contributed by atoms with Crippen molar-refractivity contribution in [3.63, 3.8) is 0 Å². The lowest BCUT2D eigenvalue weighted by atomic mass is 10.1. The Kier molecular flexibility index (Phi) is 5.11. The molecule has 2 amide bonds. The summed E-state index contributed by atoms with van der Waals surface area (Å²) in [7, 11) is 0. The standard InChI is InChI=1S/C18H21FN4O2/c1-13-3-4-15(10-16(13)19)23-11-14(9-17(23)24)18(25)21-5-2-7-22-8-6-20-12-22/h3-4,6,8,10,12,14H,2,5,7,9,11H2,1H3,(H,21,25)/t14-/m1/s1. The molecule has 1 saturated heterocycles. The summed E-state index contributed by atoms with van der Waals surface area (Å²) in [5.41, 5.74) is 1.03. The van der Waals surface area contributed by atoms with E-state index >= 15 is 0 Å². The van der Waals surface area contributed by atoms with Crippen LogP contribution in [0.25, 0.3) is 0 Å². The summed E-state index contributed by atoms with van der Waals surface area (Å²) in [5, 5.41) is 2.87. The van der Waals surface area contributed by atoms with Gasteiger partial charge in [0.25, 0.3) is 0 Å². The highest BCUT2D eigenvalue weighted by atomic mass is 19.1. The van der Waals surface area contributed by atoms with Crippen molar-refractivity contribution < 1.29 is 14.0 Å². The maximum atomic E-state index is 13.7. The molecule has 2 heterocycles.